The molecule has 2 aliphatic heterocycles. The van der Waals surface area contributed by atoms with E-state index in [1.165, 1.54) is 60.5 Å². The van der Waals surface area contributed by atoms with Gasteiger partial charge in [0.25, 0.3) is 0 Å². The lowest BCUT2D eigenvalue weighted by Gasteiger charge is -2.45. The van der Waals surface area contributed by atoms with Gasteiger partial charge in [-0.3, -0.25) is 0 Å². The minimum absolute atomic E-state index is 0. The lowest BCUT2D eigenvalue weighted by molar-refractivity contribution is 0.435. The SMILES string of the molecule is [HH].c1ccc2c(c1)Oc1cc3[nH]c4ccccc4c3cc1C21c2ccccc2-n2c3ccccc3c3cccc1c32. The van der Waals surface area contributed by atoms with E-state index in [1.54, 1.807) is 0 Å². The summed E-state index contributed by atoms with van der Waals surface area (Å²) in [5.41, 5.74) is 10.3. The second-order valence-electron chi connectivity index (χ2n) is 11.0. The van der Waals surface area contributed by atoms with Gasteiger partial charge in [-0.2, -0.15) is 0 Å². The van der Waals surface area contributed by atoms with E-state index in [9.17, 15) is 0 Å². The Hall–Kier alpha value is -5.28. The quantitative estimate of drug-likeness (QED) is 0.215. The minimum Gasteiger partial charge on any atom is -0.457 e. The van der Waals surface area contributed by atoms with E-state index < -0.39 is 5.41 Å². The molecule has 0 fully saturated rings. The molecular formula is C37H24N2O. The molecule has 3 nitrogen and oxygen atoms in total. The highest BCUT2D eigenvalue weighted by Gasteiger charge is 2.50. The predicted molar refractivity (Wildman–Crippen MR) is 164 cm³/mol. The van der Waals surface area contributed by atoms with Gasteiger partial charge in [0.05, 0.1) is 27.7 Å². The van der Waals surface area contributed by atoms with E-state index in [2.05, 4.69) is 137 Å². The summed E-state index contributed by atoms with van der Waals surface area (Å²) in [5, 5.41) is 5.00. The fourth-order valence-corrected chi connectivity index (χ4v) is 7.67. The zero-order chi connectivity index (χ0) is 26.0. The first-order chi connectivity index (χ1) is 19.8. The summed E-state index contributed by atoms with van der Waals surface area (Å²) in [7, 11) is 0. The summed E-state index contributed by atoms with van der Waals surface area (Å²) in [6, 6.07) is 46.3. The summed E-state index contributed by atoms with van der Waals surface area (Å²) in [5.74, 6) is 1.80. The van der Waals surface area contributed by atoms with Crippen LogP contribution in [0.4, 0.5) is 0 Å². The molecule has 40 heavy (non-hydrogen) atoms. The number of nitrogens with one attached hydrogen (secondary N) is 1. The molecular weight excluding hydrogens is 488 g/mol. The van der Waals surface area contributed by atoms with Gasteiger partial charge in [-0.05, 0) is 41.5 Å². The molecule has 1 spiro atoms. The van der Waals surface area contributed by atoms with Crippen LogP contribution in [0.15, 0.2) is 127 Å². The first-order valence-corrected chi connectivity index (χ1v) is 13.8. The predicted octanol–water partition coefficient (Wildman–Crippen LogP) is 9.47. The maximum absolute atomic E-state index is 6.74. The molecule has 2 aliphatic rings. The van der Waals surface area contributed by atoms with Crippen LogP contribution in [0.25, 0.3) is 49.3 Å². The summed E-state index contributed by atoms with van der Waals surface area (Å²) < 4.78 is 9.21. The van der Waals surface area contributed by atoms with Crippen LogP contribution in [-0.4, -0.2) is 9.55 Å². The molecule has 188 valence electrons. The van der Waals surface area contributed by atoms with Crippen molar-refractivity contribution in [2.24, 2.45) is 0 Å². The number of rotatable bonds is 0. The van der Waals surface area contributed by atoms with Crippen molar-refractivity contribution >= 4 is 43.6 Å². The van der Waals surface area contributed by atoms with E-state index >= 15 is 0 Å². The largest absolute Gasteiger partial charge is 0.457 e. The lowest BCUT2D eigenvalue weighted by Crippen LogP contribution is -2.37. The van der Waals surface area contributed by atoms with Gasteiger partial charge in [0.2, 0.25) is 0 Å². The van der Waals surface area contributed by atoms with E-state index in [0.717, 1.165) is 22.5 Å². The zero-order valence-electron chi connectivity index (χ0n) is 21.5. The number of hydrogen-bond donors (Lipinski definition) is 1. The van der Waals surface area contributed by atoms with Crippen LogP contribution < -0.4 is 4.74 Å². The second kappa shape index (κ2) is 7.02. The van der Waals surface area contributed by atoms with Crippen molar-refractivity contribution in [3.8, 4) is 17.2 Å². The summed E-state index contributed by atoms with van der Waals surface area (Å²) in [6.45, 7) is 0. The first kappa shape index (κ1) is 20.7. The van der Waals surface area contributed by atoms with E-state index in [0.29, 0.717) is 0 Å². The number of H-pyrrole nitrogens is 1. The summed E-state index contributed by atoms with van der Waals surface area (Å²) in [4.78, 5) is 3.63. The van der Waals surface area contributed by atoms with Crippen molar-refractivity contribution in [2.75, 3.05) is 0 Å². The van der Waals surface area contributed by atoms with Gasteiger partial charge >= 0.3 is 0 Å². The Balaban J connectivity index is 0.00000240. The monoisotopic (exact) mass is 512 g/mol. The van der Waals surface area contributed by atoms with Gasteiger partial charge < -0.3 is 14.3 Å². The van der Waals surface area contributed by atoms with Crippen molar-refractivity contribution in [3.05, 3.63) is 150 Å². The molecule has 0 bridgehead atoms. The zero-order valence-corrected chi connectivity index (χ0v) is 21.5. The third kappa shape index (κ3) is 2.26. The van der Waals surface area contributed by atoms with E-state index in [-0.39, 0.29) is 1.43 Å². The fourth-order valence-electron chi connectivity index (χ4n) is 7.67. The molecule has 2 aromatic heterocycles. The van der Waals surface area contributed by atoms with Crippen LogP contribution in [0.5, 0.6) is 11.5 Å². The normalized spacial score (nSPS) is 16.8. The number of para-hydroxylation sites is 5. The number of hydrogen-bond acceptors (Lipinski definition) is 1. The molecule has 6 aromatic carbocycles. The second-order valence-corrected chi connectivity index (χ2v) is 11.0. The van der Waals surface area contributed by atoms with Crippen molar-refractivity contribution in [2.45, 2.75) is 5.41 Å². The Kier molecular flexibility index (Phi) is 3.62. The van der Waals surface area contributed by atoms with Gasteiger partial charge in [-0.15, -0.1) is 0 Å². The van der Waals surface area contributed by atoms with Gasteiger partial charge in [0, 0.05) is 45.7 Å². The highest BCUT2D eigenvalue weighted by molar-refractivity contribution is 6.13. The van der Waals surface area contributed by atoms with Gasteiger partial charge in [-0.1, -0.05) is 91.0 Å². The molecule has 0 saturated heterocycles. The third-order valence-electron chi connectivity index (χ3n) is 9.17. The molecule has 0 amide bonds. The Morgan fingerprint density at radius 1 is 0.525 bits per heavy atom. The van der Waals surface area contributed by atoms with E-state index in [4.69, 9.17) is 4.74 Å². The average molecular weight is 513 g/mol. The minimum atomic E-state index is -0.544. The number of fused-ring (bicyclic) bond motifs is 14. The van der Waals surface area contributed by atoms with Crippen molar-refractivity contribution in [1.29, 1.82) is 0 Å². The molecule has 1 unspecified atom stereocenters. The van der Waals surface area contributed by atoms with Crippen molar-refractivity contribution in [1.82, 2.24) is 9.55 Å². The molecule has 8 aromatic rings. The highest BCUT2D eigenvalue weighted by Crippen LogP contribution is 2.60. The van der Waals surface area contributed by atoms with Gasteiger partial charge in [0.1, 0.15) is 11.5 Å². The molecule has 1 N–H and O–H groups in total. The Bertz CT molecular complexity index is 2380. The molecule has 4 heterocycles. The molecule has 1 atom stereocenters. The van der Waals surface area contributed by atoms with Crippen LogP contribution in [-0.2, 0) is 5.41 Å². The Labute approximate surface area is 231 Å². The first-order valence-electron chi connectivity index (χ1n) is 13.8. The Morgan fingerprint density at radius 3 is 2.20 bits per heavy atom. The summed E-state index contributed by atoms with van der Waals surface area (Å²) in [6.07, 6.45) is 0. The molecule has 0 aliphatic carbocycles. The fraction of sp³-hybridized carbons (Fsp3) is 0.0270. The lowest BCUT2D eigenvalue weighted by atomic mass is 9.61. The van der Waals surface area contributed by atoms with Gasteiger partial charge in [-0.25, -0.2) is 0 Å². The Morgan fingerprint density at radius 2 is 1.25 bits per heavy atom. The average Bonchev–Trinajstić information content (AvgIpc) is 3.54. The smallest absolute Gasteiger partial charge is 0.134 e. The standard InChI is InChI=1S/C37H22N2O.H2/c1-5-16-30-22(10-1)25-20-29-35(21-31(25)38-30)40-34-19-8-4-14-27(34)37(29)26-13-3-7-18-33(26)39-32-17-6-2-11-23(32)24-12-9-15-28(37)36(24)39;/h1-21,38H;1H. The molecule has 0 saturated carbocycles. The van der Waals surface area contributed by atoms with Crippen molar-refractivity contribution in [3.63, 3.8) is 0 Å². The van der Waals surface area contributed by atoms with Crippen LogP contribution in [0.2, 0.25) is 0 Å². The highest BCUT2D eigenvalue weighted by atomic mass is 16.5. The number of aromatic nitrogens is 2. The van der Waals surface area contributed by atoms with Crippen molar-refractivity contribution < 1.29 is 6.16 Å². The number of benzene rings is 6. The van der Waals surface area contributed by atoms with Gasteiger partial charge in [0.15, 0.2) is 0 Å². The molecule has 10 rings (SSSR count). The maximum atomic E-state index is 6.74. The summed E-state index contributed by atoms with van der Waals surface area (Å²) >= 11 is 0. The topological polar surface area (TPSA) is 29.9 Å². The number of aromatic amines is 1. The van der Waals surface area contributed by atoms with Crippen LogP contribution >= 0.6 is 0 Å². The van der Waals surface area contributed by atoms with Crippen LogP contribution in [0.1, 0.15) is 23.7 Å². The van der Waals surface area contributed by atoms with Crippen LogP contribution in [0.3, 0.4) is 0 Å². The molecule has 0 radical (unpaired) electrons. The van der Waals surface area contributed by atoms with E-state index in [1.807, 2.05) is 0 Å². The molecule has 3 heteroatoms. The third-order valence-corrected chi connectivity index (χ3v) is 9.17. The van der Waals surface area contributed by atoms with Crippen LogP contribution in [0, 0.1) is 0 Å². The number of ether oxygens (including phenoxy) is 1. The maximum Gasteiger partial charge on any atom is 0.134 e. The number of nitrogens with zero attached hydrogens (tertiary/aromatic N) is 1.